The van der Waals surface area contributed by atoms with Gasteiger partial charge in [-0.15, -0.1) is 0 Å². The first-order chi connectivity index (χ1) is 15.3. The lowest BCUT2D eigenvalue weighted by molar-refractivity contribution is -0.384. The molecule has 0 aliphatic carbocycles. The lowest BCUT2D eigenvalue weighted by Gasteiger charge is -2.33. The van der Waals surface area contributed by atoms with E-state index >= 15 is 0 Å². The molecule has 7 nitrogen and oxygen atoms in total. The molecule has 32 heavy (non-hydrogen) atoms. The minimum atomic E-state index is -1.46. The zero-order chi connectivity index (χ0) is 23.3. The van der Waals surface area contributed by atoms with E-state index in [-0.39, 0.29) is 24.5 Å². The number of halogens is 2. The number of esters is 1. The standard InChI is InChI=1S/C23H20Cl2N2O5/c1-32-22(29)23(15-2-7-18(24)8-3-15,16-4-9-19(25)10-5-16)17-6-11-21(27(30)31)20(14-17)26-12-13-28/h2-11,14,26,28H,12-13H2,1H3. The Morgan fingerprint density at radius 3 is 1.94 bits per heavy atom. The number of methoxy groups -OCH3 is 1. The fourth-order valence-electron chi connectivity index (χ4n) is 3.67. The number of rotatable bonds is 8. The summed E-state index contributed by atoms with van der Waals surface area (Å²) >= 11 is 12.2. The van der Waals surface area contributed by atoms with Crippen molar-refractivity contribution in [1.82, 2.24) is 0 Å². The Balaban J connectivity index is 2.38. The quantitative estimate of drug-likeness (QED) is 0.210. The van der Waals surface area contributed by atoms with E-state index in [4.69, 9.17) is 27.9 Å². The smallest absolute Gasteiger partial charge is 0.325 e. The van der Waals surface area contributed by atoms with E-state index in [0.29, 0.717) is 26.7 Å². The number of ether oxygens (including phenoxy) is 1. The van der Waals surface area contributed by atoms with Crippen molar-refractivity contribution < 1.29 is 19.6 Å². The summed E-state index contributed by atoms with van der Waals surface area (Å²) in [6, 6.07) is 17.8. The number of aliphatic hydroxyl groups is 1. The van der Waals surface area contributed by atoms with Crippen molar-refractivity contribution in [2.24, 2.45) is 0 Å². The summed E-state index contributed by atoms with van der Waals surface area (Å²) in [4.78, 5) is 24.5. The number of carbonyl (C=O) groups excluding carboxylic acids is 1. The van der Waals surface area contributed by atoms with Crippen LogP contribution in [0.15, 0.2) is 66.7 Å². The molecule has 0 aliphatic heterocycles. The van der Waals surface area contributed by atoms with E-state index in [1.807, 2.05) is 0 Å². The van der Waals surface area contributed by atoms with Crippen molar-refractivity contribution in [3.05, 3.63) is 104 Å². The predicted octanol–water partition coefficient (Wildman–Crippen LogP) is 4.81. The van der Waals surface area contributed by atoms with Crippen LogP contribution in [0.3, 0.4) is 0 Å². The van der Waals surface area contributed by atoms with Crippen LogP contribution >= 0.6 is 23.2 Å². The minimum absolute atomic E-state index is 0.0947. The number of nitrogens with one attached hydrogen (secondary N) is 1. The summed E-state index contributed by atoms with van der Waals surface area (Å²) in [5.41, 5.74) is 0.0522. The highest BCUT2D eigenvalue weighted by Crippen LogP contribution is 2.43. The maximum absolute atomic E-state index is 13.5. The molecular formula is C23H20Cl2N2O5. The second-order valence-electron chi connectivity index (χ2n) is 6.89. The highest BCUT2D eigenvalue weighted by atomic mass is 35.5. The molecule has 2 N–H and O–H groups in total. The van der Waals surface area contributed by atoms with Gasteiger partial charge in [0, 0.05) is 22.7 Å². The van der Waals surface area contributed by atoms with Crippen molar-refractivity contribution >= 4 is 40.5 Å². The van der Waals surface area contributed by atoms with Crippen LogP contribution in [0, 0.1) is 10.1 Å². The number of nitro benzene ring substituents is 1. The van der Waals surface area contributed by atoms with Gasteiger partial charge < -0.3 is 15.2 Å². The van der Waals surface area contributed by atoms with Gasteiger partial charge in [0.1, 0.15) is 11.1 Å². The number of anilines is 1. The molecule has 0 amide bonds. The molecule has 3 aromatic carbocycles. The molecule has 3 aromatic rings. The van der Waals surface area contributed by atoms with E-state index in [1.165, 1.54) is 25.3 Å². The Kier molecular flexibility index (Phi) is 7.35. The maximum atomic E-state index is 13.5. The molecule has 0 bridgehead atoms. The van der Waals surface area contributed by atoms with Gasteiger partial charge in [0.05, 0.1) is 18.6 Å². The molecule has 3 rings (SSSR count). The van der Waals surface area contributed by atoms with Crippen molar-refractivity contribution in [1.29, 1.82) is 0 Å². The summed E-state index contributed by atoms with van der Waals surface area (Å²) in [6.07, 6.45) is 0. The van der Waals surface area contributed by atoms with E-state index in [2.05, 4.69) is 5.32 Å². The van der Waals surface area contributed by atoms with Gasteiger partial charge in [-0.2, -0.15) is 0 Å². The molecule has 0 aromatic heterocycles. The molecule has 0 saturated carbocycles. The summed E-state index contributed by atoms with van der Waals surface area (Å²) < 4.78 is 5.24. The van der Waals surface area contributed by atoms with Crippen molar-refractivity contribution in [2.45, 2.75) is 5.41 Å². The Morgan fingerprint density at radius 2 is 1.50 bits per heavy atom. The van der Waals surface area contributed by atoms with Gasteiger partial charge >= 0.3 is 5.97 Å². The monoisotopic (exact) mass is 474 g/mol. The molecule has 0 fully saturated rings. The second kappa shape index (κ2) is 9.99. The topological polar surface area (TPSA) is 102 Å². The Morgan fingerprint density at radius 1 is 1.00 bits per heavy atom. The fourth-order valence-corrected chi connectivity index (χ4v) is 3.92. The van der Waals surface area contributed by atoms with E-state index in [9.17, 15) is 20.0 Å². The highest BCUT2D eigenvalue weighted by Gasteiger charge is 2.45. The summed E-state index contributed by atoms with van der Waals surface area (Å²) in [6.45, 7) is -0.130. The van der Waals surface area contributed by atoms with E-state index in [0.717, 1.165) is 0 Å². The number of nitrogens with zero attached hydrogens (tertiary/aromatic N) is 1. The normalized spacial score (nSPS) is 11.1. The number of hydrogen-bond donors (Lipinski definition) is 2. The lowest BCUT2D eigenvalue weighted by atomic mass is 9.69. The Bertz CT molecular complexity index is 1070. The van der Waals surface area contributed by atoms with Crippen LogP contribution in [-0.2, 0) is 14.9 Å². The molecule has 0 saturated heterocycles. The molecule has 0 heterocycles. The first-order valence-electron chi connectivity index (χ1n) is 9.58. The van der Waals surface area contributed by atoms with Gasteiger partial charge in [0.15, 0.2) is 0 Å². The first-order valence-corrected chi connectivity index (χ1v) is 10.3. The number of benzene rings is 3. The van der Waals surface area contributed by atoms with Gasteiger partial charge in [-0.25, -0.2) is 0 Å². The van der Waals surface area contributed by atoms with Gasteiger partial charge in [0.2, 0.25) is 0 Å². The van der Waals surface area contributed by atoms with Crippen LogP contribution in [0.1, 0.15) is 16.7 Å². The molecule has 0 atom stereocenters. The van der Waals surface area contributed by atoms with Crippen LogP contribution in [0.5, 0.6) is 0 Å². The molecule has 0 unspecified atom stereocenters. The fraction of sp³-hybridized carbons (Fsp3) is 0.174. The summed E-state index contributed by atoms with van der Waals surface area (Å²) in [5.74, 6) is -0.593. The summed E-state index contributed by atoms with van der Waals surface area (Å²) in [5, 5.41) is 24.5. The van der Waals surface area contributed by atoms with Gasteiger partial charge in [-0.1, -0.05) is 53.5 Å². The lowest BCUT2D eigenvalue weighted by Crippen LogP contribution is -2.39. The zero-order valence-corrected chi connectivity index (χ0v) is 18.6. The predicted molar refractivity (Wildman–Crippen MR) is 123 cm³/mol. The maximum Gasteiger partial charge on any atom is 0.325 e. The second-order valence-corrected chi connectivity index (χ2v) is 7.77. The first kappa shape index (κ1) is 23.5. The molecule has 0 spiro atoms. The Labute approximate surface area is 194 Å². The Hall–Kier alpha value is -3.13. The number of aliphatic hydroxyl groups excluding tert-OH is 1. The van der Waals surface area contributed by atoms with Crippen molar-refractivity contribution in [2.75, 3.05) is 25.6 Å². The molecule has 0 radical (unpaired) electrons. The molecule has 9 heteroatoms. The van der Waals surface area contributed by atoms with Crippen LogP contribution in [0.25, 0.3) is 0 Å². The van der Waals surface area contributed by atoms with Crippen LogP contribution in [-0.4, -0.2) is 36.3 Å². The number of hydrogen-bond acceptors (Lipinski definition) is 6. The molecule has 166 valence electrons. The van der Waals surface area contributed by atoms with Gasteiger partial charge in [0.25, 0.3) is 5.69 Å². The third kappa shape index (κ3) is 4.41. The van der Waals surface area contributed by atoms with Crippen LogP contribution in [0.4, 0.5) is 11.4 Å². The summed E-state index contributed by atoms with van der Waals surface area (Å²) in [7, 11) is 1.28. The number of nitro groups is 1. The third-order valence-electron chi connectivity index (χ3n) is 5.10. The average molecular weight is 475 g/mol. The van der Waals surface area contributed by atoms with Gasteiger partial charge in [-0.05, 0) is 47.0 Å². The molecule has 0 aliphatic rings. The van der Waals surface area contributed by atoms with Crippen LogP contribution < -0.4 is 5.32 Å². The van der Waals surface area contributed by atoms with Gasteiger partial charge in [-0.3, -0.25) is 14.9 Å². The SMILES string of the molecule is COC(=O)C(c1ccc(Cl)cc1)(c1ccc(Cl)cc1)c1ccc([N+](=O)[O-])c(NCCO)c1. The van der Waals surface area contributed by atoms with Crippen molar-refractivity contribution in [3.8, 4) is 0 Å². The van der Waals surface area contributed by atoms with Crippen LogP contribution in [0.2, 0.25) is 10.0 Å². The van der Waals surface area contributed by atoms with Crippen molar-refractivity contribution in [3.63, 3.8) is 0 Å². The third-order valence-corrected chi connectivity index (χ3v) is 5.60. The molecular weight excluding hydrogens is 455 g/mol. The number of carbonyl (C=O) groups is 1. The van der Waals surface area contributed by atoms with E-state index < -0.39 is 16.3 Å². The largest absolute Gasteiger partial charge is 0.468 e. The highest BCUT2D eigenvalue weighted by molar-refractivity contribution is 6.30. The average Bonchev–Trinajstić information content (AvgIpc) is 2.80. The minimum Gasteiger partial charge on any atom is -0.468 e. The van der Waals surface area contributed by atoms with E-state index in [1.54, 1.807) is 48.5 Å². The zero-order valence-electron chi connectivity index (χ0n) is 17.0.